The lowest BCUT2D eigenvalue weighted by molar-refractivity contribution is -0.715. The summed E-state index contributed by atoms with van der Waals surface area (Å²) in [6.07, 6.45) is 10.00. The van der Waals surface area contributed by atoms with Crippen molar-refractivity contribution in [2.45, 2.75) is 84.1 Å². The van der Waals surface area contributed by atoms with Crippen molar-refractivity contribution in [3.63, 3.8) is 0 Å². The number of fused-ring (bicyclic) bond motifs is 9. The van der Waals surface area contributed by atoms with Crippen LogP contribution in [-0.2, 0) is 6.42 Å². The van der Waals surface area contributed by atoms with Crippen LogP contribution in [-0.4, -0.2) is 4.98 Å². The van der Waals surface area contributed by atoms with Crippen LogP contribution in [0.25, 0.3) is 42.3 Å². The van der Waals surface area contributed by atoms with Crippen LogP contribution in [0.15, 0.2) is 54.9 Å². The molecule has 3 aromatic carbocycles. The van der Waals surface area contributed by atoms with Crippen molar-refractivity contribution in [1.82, 2.24) is 4.98 Å². The Morgan fingerprint density at radius 3 is 2.46 bits per heavy atom. The molecule has 37 heavy (non-hydrogen) atoms. The van der Waals surface area contributed by atoms with E-state index in [9.17, 15) is 0 Å². The van der Waals surface area contributed by atoms with Crippen molar-refractivity contribution in [2.75, 3.05) is 0 Å². The molecule has 0 amide bonds. The molecule has 0 N–H and O–H groups in total. The molecule has 0 bridgehead atoms. The highest BCUT2D eigenvalue weighted by atomic mass is 32.1. The summed E-state index contributed by atoms with van der Waals surface area (Å²) in [5, 5.41) is 4.28. The van der Waals surface area contributed by atoms with Crippen LogP contribution in [0.2, 0.25) is 0 Å². The first-order chi connectivity index (χ1) is 18.0. The minimum atomic E-state index is 0.365. The fraction of sp³-hybridized carbons (Fsp3) is 0.412. The van der Waals surface area contributed by atoms with E-state index in [0.29, 0.717) is 23.8 Å². The number of benzene rings is 3. The van der Waals surface area contributed by atoms with Crippen LogP contribution in [0.5, 0.6) is 0 Å². The number of hydrogen-bond donors (Lipinski definition) is 0. The predicted octanol–water partition coefficient (Wildman–Crippen LogP) is 9.48. The highest BCUT2D eigenvalue weighted by molar-refractivity contribution is 7.26. The average molecular weight is 506 g/mol. The molecule has 188 valence electrons. The molecule has 1 aliphatic heterocycles. The van der Waals surface area contributed by atoms with Crippen LogP contribution >= 0.6 is 11.3 Å². The molecular weight excluding hydrogens is 468 g/mol. The van der Waals surface area contributed by atoms with Gasteiger partial charge in [-0.1, -0.05) is 76.4 Å². The van der Waals surface area contributed by atoms with Crippen molar-refractivity contribution in [1.29, 1.82) is 0 Å². The van der Waals surface area contributed by atoms with Gasteiger partial charge in [-0.25, -0.2) is 4.57 Å². The lowest BCUT2D eigenvalue weighted by atomic mass is 9.76. The summed E-state index contributed by atoms with van der Waals surface area (Å²) in [7, 11) is 0. The number of nitrogens with zero attached hydrogens (tertiary/aromatic N) is 2. The fourth-order valence-electron chi connectivity index (χ4n) is 7.26. The first kappa shape index (κ1) is 23.3. The molecule has 1 saturated carbocycles. The maximum Gasteiger partial charge on any atom is 0.287 e. The van der Waals surface area contributed by atoms with E-state index in [0.717, 1.165) is 6.42 Å². The predicted molar refractivity (Wildman–Crippen MR) is 158 cm³/mol. The Balaban J connectivity index is 1.57. The SMILES string of the molecule is CC(C)Cc1cccc2c1sc1c3[n+](cnc12)C(C)C(C)c1c-3cc(C2CCCCC2)c2ccccc12. The first-order valence-electron chi connectivity index (χ1n) is 14.3. The quantitative estimate of drug-likeness (QED) is 0.223. The summed E-state index contributed by atoms with van der Waals surface area (Å²) in [5.74, 6) is 1.74. The second kappa shape index (κ2) is 8.91. The van der Waals surface area contributed by atoms with Crippen LogP contribution in [0.4, 0.5) is 0 Å². The Kier molecular flexibility index (Phi) is 5.62. The Bertz CT molecular complexity index is 1650. The molecule has 2 nitrogen and oxygen atoms in total. The van der Waals surface area contributed by atoms with E-state index >= 15 is 0 Å². The second-order valence-electron chi connectivity index (χ2n) is 12.0. The molecule has 0 radical (unpaired) electrons. The Morgan fingerprint density at radius 1 is 0.919 bits per heavy atom. The normalized spacial score (nSPS) is 20.1. The number of rotatable bonds is 3. The van der Waals surface area contributed by atoms with E-state index in [1.165, 1.54) is 85.6 Å². The molecule has 2 atom stereocenters. The molecular formula is C34H37N2S+. The van der Waals surface area contributed by atoms with Crippen molar-refractivity contribution in [2.24, 2.45) is 5.92 Å². The Morgan fingerprint density at radius 2 is 1.68 bits per heavy atom. The van der Waals surface area contributed by atoms with Gasteiger partial charge < -0.3 is 0 Å². The topological polar surface area (TPSA) is 16.8 Å². The zero-order valence-electron chi connectivity index (χ0n) is 22.6. The summed E-state index contributed by atoms with van der Waals surface area (Å²) < 4.78 is 5.28. The fourth-order valence-corrected chi connectivity index (χ4v) is 8.60. The largest absolute Gasteiger partial charge is 0.287 e. The number of thiophene rings is 1. The van der Waals surface area contributed by atoms with E-state index in [1.54, 1.807) is 5.56 Å². The first-order valence-corrected chi connectivity index (χ1v) is 15.1. The van der Waals surface area contributed by atoms with Crippen molar-refractivity contribution in [3.05, 3.63) is 71.5 Å². The van der Waals surface area contributed by atoms with Gasteiger partial charge >= 0.3 is 0 Å². The van der Waals surface area contributed by atoms with Gasteiger partial charge in [0, 0.05) is 21.6 Å². The summed E-state index contributed by atoms with van der Waals surface area (Å²) >= 11 is 1.98. The molecule has 1 fully saturated rings. The van der Waals surface area contributed by atoms with E-state index in [4.69, 9.17) is 4.98 Å². The van der Waals surface area contributed by atoms with E-state index < -0.39 is 0 Å². The minimum Gasteiger partial charge on any atom is -0.225 e. The van der Waals surface area contributed by atoms with Gasteiger partial charge in [-0.2, -0.15) is 0 Å². The summed E-state index contributed by atoms with van der Waals surface area (Å²) in [6, 6.07) is 19.1. The van der Waals surface area contributed by atoms with Gasteiger partial charge in [0.15, 0.2) is 5.69 Å². The van der Waals surface area contributed by atoms with Crippen LogP contribution in [0.3, 0.4) is 0 Å². The smallest absolute Gasteiger partial charge is 0.225 e. The van der Waals surface area contributed by atoms with Gasteiger partial charge in [0.2, 0.25) is 5.52 Å². The number of hydrogen-bond acceptors (Lipinski definition) is 2. The molecule has 5 aromatic rings. The summed E-state index contributed by atoms with van der Waals surface area (Å²) in [6.45, 7) is 9.44. The van der Waals surface area contributed by atoms with Gasteiger partial charge in [-0.3, -0.25) is 0 Å². The molecule has 2 aromatic heterocycles. The number of aromatic nitrogens is 2. The van der Waals surface area contributed by atoms with E-state index in [2.05, 4.69) is 87.1 Å². The van der Waals surface area contributed by atoms with Gasteiger partial charge in [0.05, 0.1) is 0 Å². The van der Waals surface area contributed by atoms with Crippen LogP contribution < -0.4 is 4.57 Å². The van der Waals surface area contributed by atoms with Crippen molar-refractivity contribution < 1.29 is 4.57 Å². The molecule has 0 saturated heterocycles. The molecule has 7 rings (SSSR count). The highest BCUT2D eigenvalue weighted by Gasteiger charge is 2.37. The van der Waals surface area contributed by atoms with Gasteiger partial charge in [-0.05, 0) is 82.6 Å². The zero-order chi connectivity index (χ0) is 25.3. The monoisotopic (exact) mass is 505 g/mol. The zero-order valence-corrected chi connectivity index (χ0v) is 23.4. The highest BCUT2D eigenvalue weighted by Crippen LogP contribution is 2.49. The average Bonchev–Trinajstić information content (AvgIpc) is 3.30. The van der Waals surface area contributed by atoms with Crippen molar-refractivity contribution in [3.8, 4) is 11.3 Å². The molecule has 2 aliphatic rings. The van der Waals surface area contributed by atoms with E-state index in [-0.39, 0.29) is 0 Å². The minimum absolute atomic E-state index is 0.365. The lowest BCUT2D eigenvalue weighted by Crippen LogP contribution is -2.45. The molecule has 2 unspecified atom stereocenters. The molecule has 0 spiro atoms. The lowest BCUT2D eigenvalue weighted by Gasteiger charge is -2.32. The summed E-state index contributed by atoms with van der Waals surface area (Å²) in [5.41, 5.74) is 8.60. The van der Waals surface area contributed by atoms with Crippen LogP contribution in [0, 0.1) is 5.92 Å². The second-order valence-corrected chi connectivity index (χ2v) is 13.0. The van der Waals surface area contributed by atoms with Gasteiger partial charge in [0.1, 0.15) is 10.7 Å². The maximum atomic E-state index is 5.11. The van der Waals surface area contributed by atoms with Gasteiger partial charge in [0.25, 0.3) is 6.33 Å². The maximum absolute atomic E-state index is 5.11. The Hall–Kier alpha value is -2.78. The molecule has 3 heteroatoms. The Labute approximate surface area is 224 Å². The van der Waals surface area contributed by atoms with E-state index in [1.807, 2.05) is 11.3 Å². The third-order valence-corrected chi connectivity index (χ3v) is 10.5. The molecule has 3 heterocycles. The summed E-state index contributed by atoms with van der Waals surface area (Å²) in [4.78, 5) is 5.11. The molecule has 1 aliphatic carbocycles. The standard InChI is InChI=1S/C34H37N2S/c1-20(2)17-24-13-10-16-27-31-34(37-33(24)27)32-29-18-28(23-11-6-5-7-12-23)25-14-8-9-15-26(25)30(29)21(3)22(4)36(32)19-35-31/h8-10,13-16,18-23H,5-7,11-12,17H2,1-4H3/q+1. The third-order valence-electron chi connectivity index (χ3n) is 9.22. The van der Waals surface area contributed by atoms with Crippen LogP contribution in [0.1, 0.15) is 94.4 Å². The van der Waals surface area contributed by atoms with Crippen molar-refractivity contribution >= 4 is 42.4 Å². The van der Waals surface area contributed by atoms with Gasteiger partial charge in [-0.15, -0.1) is 11.3 Å². The third kappa shape index (κ3) is 3.57.